The van der Waals surface area contributed by atoms with E-state index in [2.05, 4.69) is 25.8 Å². The number of hydrogen-bond acceptors (Lipinski definition) is 7. The molecule has 35 heavy (non-hydrogen) atoms. The maximum atomic E-state index is 16.2. The number of nitrogen functional groups attached to an aromatic ring is 1. The Bertz CT molecular complexity index is 1550. The van der Waals surface area contributed by atoms with Crippen LogP contribution in [-0.2, 0) is 0 Å². The van der Waals surface area contributed by atoms with Gasteiger partial charge in [-0.05, 0) is 38.2 Å². The molecule has 1 fully saturated rings. The van der Waals surface area contributed by atoms with Gasteiger partial charge >= 0.3 is 0 Å². The van der Waals surface area contributed by atoms with Gasteiger partial charge in [0.15, 0.2) is 10.9 Å². The summed E-state index contributed by atoms with van der Waals surface area (Å²) < 4.78 is 30.7. The number of nitrogens with two attached hydrogens (primary N) is 1. The molecule has 2 aromatic heterocycles. The number of benzene rings is 2. The fraction of sp³-hybridized carbons (Fsp3) is 0.240. The number of rotatable bonds is 3. The first-order chi connectivity index (χ1) is 16.8. The number of nitriles is 1. The smallest absolute Gasteiger partial charge is 0.181 e. The quantitative estimate of drug-likeness (QED) is 0.371. The van der Waals surface area contributed by atoms with Crippen molar-refractivity contribution in [2.24, 2.45) is 0 Å². The van der Waals surface area contributed by atoms with Gasteiger partial charge in [0.1, 0.15) is 17.4 Å². The van der Waals surface area contributed by atoms with Gasteiger partial charge in [-0.1, -0.05) is 29.0 Å². The summed E-state index contributed by atoms with van der Waals surface area (Å²) in [5.74, 6) is -1.13. The molecule has 5 rings (SSSR count). The molecule has 1 saturated heterocycles. The number of allylic oxidation sites excluding steroid dienone is 1. The van der Waals surface area contributed by atoms with Gasteiger partial charge in [0.25, 0.3) is 0 Å². The predicted octanol–water partition coefficient (Wildman–Crippen LogP) is 5.86. The molecule has 6 nitrogen and oxygen atoms in total. The van der Waals surface area contributed by atoms with E-state index in [1.165, 1.54) is 12.1 Å². The van der Waals surface area contributed by atoms with Crippen molar-refractivity contribution in [3.63, 3.8) is 0 Å². The normalized spacial score (nSPS) is 14.4. The van der Waals surface area contributed by atoms with E-state index in [0.29, 0.717) is 41.0 Å². The van der Waals surface area contributed by atoms with Crippen LogP contribution in [0.4, 0.5) is 19.6 Å². The average molecular weight is 511 g/mol. The maximum Gasteiger partial charge on any atom is 0.181 e. The Balaban J connectivity index is 1.74. The average Bonchev–Trinajstić information content (AvgIpc) is 3.24. The Morgan fingerprint density at radius 2 is 1.91 bits per heavy atom. The van der Waals surface area contributed by atoms with E-state index in [1.807, 2.05) is 19.2 Å². The lowest BCUT2D eigenvalue weighted by molar-refractivity contribution is 0.349. The monoisotopic (exact) mass is 510 g/mol. The molecule has 0 saturated carbocycles. The molecular formula is C25H21ClF2N6S. The maximum absolute atomic E-state index is 16.2. The molecule has 0 aliphatic carbocycles. The van der Waals surface area contributed by atoms with Crippen molar-refractivity contribution < 1.29 is 8.78 Å². The highest BCUT2D eigenvalue weighted by atomic mass is 35.5. The predicted molar refractivity (Wildman–Crippen MR) is 138 cm³/mol. The molecule has 2 aromatic carbocycles. The number of piperazine rings is 1. The van der Waals surface area contributed by atoms with Crippen LogP contribution in [0.15, 0.2) is 30.5 Å². The lowest BCUT2D eigenvalue weighted by Crippen LogP contribution is -2.44. The Morgan fingerprint density at radius 1 is 1.17 bits per heavy atom. The first-order valence-corrected chi connectivity index (χ1v) is 12.2. The van der Waals surface area contributed by atoms with Crippen molar-refractivity contribution in [3.05, 3.63) is 58.4 Å². The number of halogens is 3. The lowest BCUT2D eigenvalue weighted by Gasteiger charge is -2.36. The molecule has 1 aliphatic heterocycles. The Labute approximate surface area is 209 Å². The fourth-order valence-corrected chi connectivity index (χ4v) is 5.69. The summed E-state index contributed by atoms with van der Waals surface area (Å²) in [5.41, 5.74) is 8.04. The van der Waals surface area contributed by atoms with E-state index < -0.39 is 11.6 Å². The third-order valence-electron chi connectivity index (χ3n) is 6.21. The summed E-state index contributed by atoms with van der Waals surface area (Å²) >= 11 is 7.66. The Morgan fingerprint density at radius 3 is 2.60 bits per heavy atom. The molecule has 0 spiro atoms. The summed E-state index contributed by atoms with van der Waals surface area (Å²) in [4.78, 5) is 13.0. The molecule has 0 atom stereocenters. The molecular weight excluding hydrogens is 490 g/mol. The van der Waals surface area contributed by atoms with Gasteiger partial charge < -0.3 is 15.5 Å². The minimum absolute atomic E-state index is 0.0786. The van der Waals surface area contributed by atoms with Crippen LogP contribution in [0.1, 0.15) is 18.2 Å². The minimum atomic E-state index is -0.645. The van der Waals surface area contributed by atoms with E-state index in [4.69, 9.17) is 17.3 Å². The van der Waals surface area contributed by atoms with Gasteiger partial charge in [0, 0.05) is 42.7 Å². The zero-order chi connectivity index (χ0) is 24.9. The molecule has 4 aromatic rings. The van der Waals surface area contributed by atoms with Crippen LogP contribution in [0.5, 0.6) is 0 Å². The Hall–Kier alpha value is -3.48. The fourth-order valence-electron chi connectivity index (χ4n) is 4.64. The van der Waals surface area contributed by atoms with Crippen LogP contribution in [0.25, 0.3) is 32.2 Å². The highest BCUT2D eigenvalue weighted by molar-refractivity contribution is 7.22. The van der Waals surface area contributed by atoms with Crippen LogP contribution in [0.3, 0.4) is 0 Å². The molecule has 0 amide bonds. The second-order valence-corrected chi connectivity index (χ2v) is 9.74. The molecule has 0 unspecified atom stereocenters. The molecule has 0 radical (unpaired) electrons. The zero-order valence-electron chi connectivity index (χ0n) is 19.1. The number of anilines is 2. The second-order valence-electron chi connectivity index (χ2n) is 8.31. The number of nitrogens with zero attached hydrogens (tertiary/aromatic N) is 5. The summed E-state index contributed by atoms with van der Waals surface area (Å²) in [6.07, 6.45) is 4.03. The van der Waals surface area contributed by atoms with Crippen LogP contribution >= 0.6 is 22.9 Å². The van der Waals surface area contributed by atoms with Crippen molar-refractivity contribution in [1.82, 2.24) is 14.9 Å². The second kappa shape index (κ2) is 8.95. The van der Waals surface area contributed by atoms with E-state index in [1.54, 1.807) is 13.0 Å². The number of hydrogen-bond donors (Lipinski definition) is 1. The Kier molecular flexibility index (Phi) is 5.95. The standard InChI is InChI=1S/C25H21ClF2N6S/c1-3-6-33-7-9-34(10-8-33)23-15-11-17(26)19(20(28)21(15)31-13(2)16(23)12-29)14-4-5-18(27)24-22(14)32-25(30)35-24/h3-6,11H,7-10H2,1-2H3,(H2,30,32). The highest BCUT2D eigenvalue weighted by Gasteiger charge is 2.27. The summed E-state index contributed by atoms with van der Waals surface area (Å²) in [5, 5.41) is 10.7. The topological polar surface area (TPSA) is 82.1 Å². The molecule has 1 aliphatic rings. The lowest BCUT2D eigenvalue weighted by atomic mass is 9.98. The third-order valence-corrected chi connectivity index (χ3v) is 7.40. The van der Waals surface area contributed by atoms with Gasteiger partial charge in [-0.2, -0.15) is 5.26 Å². The van der Waals surface area contributed by atoms with Crippen LogP contribution < -0.4 is 10.6 Å². The van der Waals surface area contributed by atoms with Crippen LogP contribution in [-0.4, -0.2) is 41.0 Å². The molecule has 2 N–H and O–H groups in total. The van der Waals surface area contributed by atoms with Crippen molar-refractivity contribution in [1.29, 1.82) is 5.26 Å². The number of fused-ring (bicyclic) bond motifs is 2. The van der Waals surface area contributed by atoms with Crippen molar-refractivity contribution >= 4 is 54.9 Å². The van der Waals surface area contributed by atoms with E-state index in [9.17, 15) is 9.65 Å². The molecule has 0 bridgehead atoms. The number of aryl methyl sites for hydroxylation is 1. The third kappa shape index (κ3) is 3.83. The molecule has 178 valence electrons. The SMILES string of the molecule is CC=CN1CCN(c2c(C#N)c(C)nc3c(F)c(-c4ccc(F)c5sc(N)nc45)c(Cl)cc23)CC1. The summed E-state index contributed by atoms with van der Waals surface area (Å²) in [7, 11) is 0. The van der Waals surface area contributed by atoms with Gasteiger partial charge in [-0.3, -0.25) is 0 Å². The molecule has 3 heterocycles. The van der Waals surface area contributed by atoms with Crippen LogP contribution in [0.2, 0.25) is 5.02 Å². The van der Waals surface area contributed by atoms with Crippen molar-refractivity contribution in [2.45, 2.75) is 13.8 Å². The van der Waals surface area contributed by atoms with E-state index in [-0.39, 0.29) is 31.5 Å². The number of thiazole rings is 1. The highest BCUT2D eigenvalue weighted by Crippen LogP contribution is 2.43. The first kappa shape index (κ1) is 23.3. The van der Waals surface area contributed by atoms with Crippen molar-refractivity contribution in [3.8, 4) is 17.2 Å². The number of aromatic nitrogens is 2. The zero-order valence-corrected chi connectivity index (χ0v) is 20.6. The van der Waals surface area contributed by atoms with Gasteiger partial charge in [0.2, 0.25) is 0 Å². The molecule has 10 heteroatoms. The largest absolute Gasteiger partial charge is 0.375 e. The van der Waals surface area contributed by atoms with Crippen molar-refractivity contribution in [2.75, 3.05) is 36.8 Å². The summed E-state index contributed by atoms with van der Waals surface area (Å²) in [6.45, 7) is 6.53. The van der Waals surface area contributed by atoms with Gasteiger partial charge in [-0.25, -0.2) is 18.7 Å². The van der Waals surface area contributed by atoms with E-state index >= 15 is 4.39 Å². The summed E-state index contributed by atoms with van der Waals surface area (Å²) in [6, 6.07) is 6.59. The first-order valence-electron chi connectivity index (χ1n) is 11.0. The van der Waals surface area contributed by atoms with E-state index in [0.717, 1.165) is 24.4 Å². The number of pyridine rings is 1. The minimum Gasteiger partial charge on any atom is -0.375 e. The van der Waals surface area contributed by atoms with Crippen LogP contribution in [0, 0.1) is 29.9 Å². The van der Waals surface area contributed by atoms with Gasteiger partial charge in [-0.15, -0.1) is 0 Å². The van der Waals surface area contributed by atoms with Gasteiger partial charge in [0.05, 0.1) is 32.2 Å².